The number of nitrogens with one attached hydrogen (secondary N) is 1. The van der Waals surface area contributed by atoms with Gasteiger partial charge < -0.3 is 5.32 Å². The molecule has 110 valence electrons. The summed E-state index contributed by atoms with van der Waals surface area (Å²) < 4.78 is 13.4. The van der Waals surface area contributed by atoms with Crippen LogP contribution in [0.25, 0.3) is 0 Å². The summed E-state index contributed by atoms with van der Waals surface area (Å²) >= 11 is 5.57. The zero-order valence-corrected chi connectivity index (χ0v) is 12.0. The van der Waals surface area contributed by atoms with E-state index in [0.717, 1.165) is 30.9 Å². The molecule has 1 saturated carbocycles. The molecular weight excluding hydrogens is 283 g/mol. The topological polar surface area (TPSA) is 55.2 Å². The maximum Gasteiger partial charge on any atom is 0.294 e. The lowest BCUT2D eigenvalue weighted by Crippen LogP contribution is -2.06. The summed E-state index contributed by atoms with van der Waals surface area (Å²) in [6.07, 6.45) is 7.26. The zero-order chi connectivity index (χ0) is 14.5. The van der Waals surface area contributed by atoms with Crippen molar-refractivity contribution in [1.82, 2.24) is 0 Å². The molecule has 2 rings (SSSR count). The predicted molar refractivity (Wildman–Crippen MR) is 77.7 cm³/mol. The first-order valence-corrected chi connectivity index (χ1v) is 7.33. The van der Waals surface area contributed by atoms with Crippen LogP contribution in [-0.4, -0.2) is 11.5 Å². The van der Waals surface area contributed by atoms with E-state index in [4.69, 9.17) is 11.6 Å². The molecule has 1 aliphatic carbocycles. The molecule has 6 heteroatoms. The summed E-state index contributed by atoms with van der Waals surface area (Å²) in [5.74, 6) is 0.143. The number of hydrogen-bond donors (Lipinski definition) is 1. The van der Waals surface area contributed by atoms with Crippen molar-refractivity contribution >= 4 is 23.0 Å². The van der Waals surface area contributed by atoms with E-state index in [1.165, 1.54) is 25.7 Å². The summed E-state index contributed by atoms with van der Waals surface area (Å²) in [6.45, 7) is 0.610. The van der Waals surface area contributed by atoms with Gasteiger partial charge in [-0.1, -0.05) is 37.3 Å². The van der Waals surface area contributed by atoms with E-state index in [1.54, 1.807) is 0 Å². The van der Waals surface area contributed by atoms with Gasteiger partial charge in [-0.05, 0) is 18.8 Å². The fourth-order valence-corrected chi connectivity index (χ4v) is 2.90. The van der Waals surface area contributed by atoms with Crippen LogP contribution in [-0.2, 0) is 0 Å². The number of nitro benzene ring substituents is 1. The fraction of sp³-hybridized carbons (Fsp3) is 0.571. The second-order valence-corrected chi connectivity index (χ2v) is 5.67. The van der Waals surface area contributed by atoms with Crippen molar-refractivity contribution in [3.8, 4) is 0 Å². The van der Waals surface area contributed by atoms with Gasteiger partial charge in [0.05, 0.1) is 9.95 Å². The maximum absolute atomic E-state index is 13.4. The van der Waals surface area contributed by atoms with Crippen molar-refractivity contribution in [2.24, 2.45) is 5.92 Å². The molecule has 0 aliphatic heterocycles. The van der Waals surface area contributed by atoms with E-state index < -0.39 is 10.7 Å². The van der Waals surface area contributed by atoms with Gasteiger partial charge in [0.2, 0.25) is 0 Å². The Morgan fingerprint density at radius 3 is 2.75 bits per heavy atom. The third kappa shape index (κ3) is 3.82. The van der Waals surface area contributed by atoms with Crippen LogP contribution < -0.4 is 5.32 Å². The number of nitrogens with zero attached hydrogens (tertiary/aromatic N) is 1. The van der Waals surface area contributed by atoms with E-state index in [9.17, 15) is 14.5 Å². The zero-order valence-electron chi connectivity index (χ0n) is 11.2. The molecule has 1 aromatic rings. The van der Waals surface area contributed by atoms with Gasteiger partial charge in [0, 0.05) is 18.7 Å². The lowest BCUT2D eigenvalue weighted by atomic mass is 10.0. The van der Waals surface area contributed by atoms with Gasteiger partial charge in [-0.15, -0.1) is 0 Å². The SMILES string of the molecule is O=[N+]([O-])c1cc(Cl)c(F)cc1NCCCC1CCCC1. The van der Waals surface area contributed by atoms with Crippen molar-refractivity contribution in [2.45, 2.75) is 38.5 Å². The van der Waals surface area contributed by atoms with E-state index in [1.807, 2.05) is 0 Å². The Kier molecular flexibility index (Phi) is 5.17. The number of hydrogen-bond acceptors (Lipinski definition) is 3. The van der Waals surface area contributed by atoms with Crippen molar-refractivity contribution in [3.05, 3.63) is 33.1 Å². The molecule has 0 atom stereocenters. The number of halogens is 2. The third-order valence-corrected chi connectivity index (χ3v) is 4.10. The summed E-state index contributed by atoms with van der Waals surface area (Å²) in [5, 5.41) is 13.6. The Morgan fingerprint density at radius 2 is 2.10 bits per heavy atom. The van der Waals surface area contributed by atoms with E-state index in [0.29, 0.717) is 6.54 Å². The first-order valence-electron chi connectivity index (χ1n) is 6.95. The number of benzene rings is 1. The number of nitro groups is 1. The number of rotatable bonds is 6. The van der Waals surface area contributed by atoms with Gasteiger partial charge in [0.15, 0.2) is 0 Å². The molecule has 4 nitrogen and oxygen atoms in total. The first-order chi connectivity index (χ1) is 9.58. The molecule has 0 saturated heterocycles. The van der Waals surface area contributed by atoms with E-state index in [2.05, 4.69) is 5.32 Å². The Balaban J connectivity index is 1.90. The first kappa shape index (κ1) is 15.0. The van der Waals surface area contributed by atoms with Gasteiger partial charge in [0.1, 0.15) is 11.5 Å². The van der Waals surface area contributed by atoms with Crippen molar-refractivity contribution in [3.63, 3.8) is 0 Å². The molecule has 0 amide bonds. The fourth-order valence-electron chi connectivity index (χ4n) is 2.74. The van der Waals surface area contributed by atoms with Crippen LogP contribution in [0.5, 0.6) is 0 Å². The second-order valence-electron chi connectivity index (χ2n) is 5.26. The van der Waals surface area contributed by atoms with Crippen LogP contribution in [0.2, 0.25) is 5.02 Å². The van der Waals surface area contributed by atoms with Crippen LogP contribution >= 0.6 is 11.6 Å². The summed E-state index contributed by atoms with van der Waals surface area (Å²) in [5.41, 5.74) is 0.0144. The Bertz CT molecular complexity index is 490. The Morgan fingerprint density at radius 1 is 1.40 bits per heavy atom. The average Bonchev–Trinajstić information content (AvgIpc) is 2.91. The lowest BCUT2D eigenvalue weighted by molar-refractivity contribution is -0.384. The minimum absolute atomic E-state index is 0.183. The highest BCUT2D eigenvalue weighted by atomic mass is 35.5. The van der Waals surface area contributed by atoms with Crippen LogP contribution in [0.15, 0.2) is 12.1 Å². The molecule has 1 N–H and O–H groups in total. The van der Waals surface area contributed by atoms with Crippen LogP contribution in [0.3, 0.4) is 0 Å². The van der Waals surface area contributed by atoms with Crippen LogP contribution in [0.4, 0.5) is 15.8 Å². The number of anilines is 1. The van der Waals surface area contributed by atoms with Gasteiger partial charge in [-0.3, -0.25) is 10.1 Å². The molecule has 0 radical (unpaired) electrons. The van der Waals surface area contributed by atoms with E-state index >= 15 is 0 Å². The Hall–Kier alpha value is -1.36. The quantitative estimate of drug-likeness (QED) is 0.468. The minimum atomic E-state index is -0.643. The summed E-state index contributed by atoms with van der Waals surface area (Å²) in [4.78, 5) is 10.4. The molecule has 0 heterocycles. The summed E-state index contributed by atoms with van der Waals surface area (Å²) in [7, 11) is 0. The predicted octanol–water partition coefficient (Wildman–Crippen LogP) is 4.77. The van der Waals surface area contributed by atoms with Crippen molar-refractivity contribution < 1.29 is 9.31 Å². The smallest absolute Gasteiger partial charge is 0.294 e. The molecule has 0 aromatic heterocycles. The Labute approximate surface area is 122 Å². The molecule has 0 unspecified atom stereocenters. The second kappa shape index (κ2) is 6.88. The highest BCUT2D eigenvalue weighted by Gasteiger charge is 2.18. The highest BCUT2D eigenvalue weighted by molar-refractivity contribution is 6.31. The highest BCUT2D eigenvalue weighted by Crippen LogP contribution is 2.31. The van der Waals surface area contributed by atoms with E-state index in [-0.39, 0.29) is 16.4 Å². The van der Waals surface area contributed by atoms with Gasteiger partial charge in [-0.2, -0.15) is 0 Å². The third-order valence-electron chi connectivity index (χ3n) is 3.81. The monoisotopic (exact) mass is 300 g/mol. The van der Waals surface area contributed by atoms with Crippen molar-refractivity contribution in [2.75, 3.05) is 11.9 Å². The van der Waals surface area contributed by atoms with Crippen molar-refractivity contribution in [1.29, 1.82) is 0 Å². The van der Waals surface area contributed by atoms with Gasteiger partial charge >= 0.3 is 0 Å². The molecule has 20 heavy (non-hydrogen) atoms. The van der Waals surface area contributed by atoms with Crippen LogP contribution in [0, 0.1) is 21.8 Å². The maximum atomic E-state index is 13.4. The largest absolute Gasteiger partial charge is 0.379 e. The van der Waals surface area contributed by atoms with Crippen LogP contribution in [0.1, 0.15) is 38.5 Å². The average molecular weight is 301 g/mol. The standard InChI is InChI=1S/C14H18ClFN2O2/c15-11-8-14(18(19)20)13(9-12(11)16)17-7-3-6-10-4-1-2-5-10/h8-10,17H,1-7H2. The minimum Gasteiger partial charge on any atom is -0.379 e. The summed E-state index contributed by atoms with van der Waals surface area (Å²) in [6, 6.07) is 2.15. The molecule has 1 fully saturated rings. The molecule has 1 aromatic carbocycles. The normalized spacial score (nSPS) is 15.5. The molecule has 1 aliphatic rings. The molecule has 0 spiro atoms. The molecule has 0 bridgehead atoms. The molecular formula is C14H18ClFN2O2. The van der Waals surface area contributed by atoms with Gasteiger partial charge in [0.25, 0.3) is 5.69 Å². The van der Waals surface area contributed by atoms with Gasteiger partial charge in [-0.25, -0.2) is 4.39 Å². The lowest BCUT2D eigenvalue weighted by Gasteiger charge is -2.10.